The van der Waals surface area contributed by atoms with Crippen molar-refractivity contribution in [1.82, 2.24) is 15.1 Å². The SMILES string of the molecule is O=C(NC(=S)N1CCN(Cc2ccccc2)CC1)c1ccccc1Br. The number of nitrogens with one attached hydrogen (secondary N) is 1. The number of benzene rings is 2. The molecule has 0 radical (unpaired) electrons. The predicted molar refractivity (Wildman–Crippen MR) is 107 cm³/mol. The molecule has 2 aromatic carbocycles. The van der Waals surface area contributed by atoms with Crippen LogP contribution in [0, 0.1) is 0 Å². The molecule has 3 rings (SSSR count). The van der Waals surface area contributed by atoms with E-state index in [-0.39, 0.29) is 5.91 Å². The zero-order valence-electron chi connectivity index (χ0n) is 13.8. The molecule has 0 aliphatic carbocycles. The van der Waals surface area contributed by atoms with Crippen LogP contribution in [0.4, 0.5) is 0 Å². The number of rotatable bonds is 3. The fraction of sp³-hybridized carbons (Fsp3) is 0.263. The topological polar surface area (TPSA) is 35.6 Å². The Labute approximate surface area is 161 Å². The minimum Gasteiger partial charge on any atom is -0.346 e. The number of hydrogen-bond donors (Lipinski definition) is 1. The largest absolute Gasteiger partial charge is 0.346 e. The van der Waals surface area contributed by atoms with Gasteiger partial charge in [-0.3, -0.25) is 15.0 Å². The number of thiocarbonyl (C=S) groups is 1. The first-order chi connectivity index (χ1) is 12.1. The summed E-state index contributed by atoms with van der Waals surface area (Å²) in [6.07, 6.45) is 0. The van der Waals surface area contributed by atoms with E-state index in [1.807, 2.05) is 24.3 Å². The number of amides is 1. The lowest BCUT2D eigenvalue weighted by Gasteiger charge is -2.36. The number of hydrogen-bond acceptors (Lipinski definition) is 3. The summed E-state index contributed by atoms with van der Waals surface area (Å²) in [7, 11) is 0. The first-order valence-electron chi connectivity index (χ1n) is 8.24. The van der Waals surface area contributed by atoms with Crippen molar-refractivity contribution in [3.8, 4) is 0 Å². The van der Waals surface area contributed by atoms with Gasteiger partial charge < -0.3 is 4.90 Å². The zero-order valence-corrected chi connectivity index (χ0v) is 16.2. The number of piperazine rings is 1. The summed E-state index contributed by atoms with van der Waals surface area (Å²) in [5.41, 5.74) is 1.91. The molecule has 4 nitrogen and oxygen atoms in total. The molecule has 0 spiro atoms. The van der Waals surface area contributed by atoms with E-state index in [2.05, 4.69) is 55.3 Å². The molecular formula is C19H20BrN3OS. The Bertz CT molecular complexity index is 745. The van der Waals surface area contributed by atoms with E-state index in [9.17, 15) is 4.79 Å². The van der Waals surface area contributed by atoms with Crippen LogP contribution in [0.2, 0.25) is 0 Å². The lowest BCUT2D eigenvalue weighted by molar-refractivity contribution is 0.0968. The van der Waals surface area contributed by atoms with E-state index in [1.54, 1.807) is 6.07 Å². The molecular weight excluding hydrogens is 398 g/mol. The molecule has 25 heavy (non-hydrogen) atoms. The molecule has 6 heteroatoms. The van der Waals surface area contributed by atoms with Crippen molar-refractivity contribution in [3.63, 3.8) is 0 Å². The predicted octanol–water partition coefficient (Wildman–Crippen LogP) is 3.28. The molecule has 1 amide bonds. The summed E-state index contributed by atoms with van der Waals surface area (Å²) in [6.45, 7) is 4.45. The van der Waals surface area contributed by atoms with E-state index in [4.69, 9.17) is 12.2 Å². The van der Waals surface area contributed by atoms with Gasteiger partial charge in [0.2, 0.25) is 0 Å². The molecule has 0 saturated carbocycles. The van der Waals surface area contributed by atoms with Crippen LogP contribution in [-0.4, -0.2) is 47.0 Å². The number of nitrogens with zero attached hydrogens (tertiary/aromatic N) is 2. The van der Waals surface area contributed by atoms with Crippen LogP contribution in [0.1, 0.15) is 15.9 Å². The minimum atomic E-state index is -0.177. The second-order valence-corrected chi connectivity index (χ2v) is 7.23. The molecule has 130 valence electrons. The average molecular weight is 418 g/mol. The maximum Gasteiger partial charge on any atom is 0.258 e. The Hall–Kier alpha value is -1.76. The van der Waals surface area contributed by atoms with Crippen LogP contribution in [-0.2, 0) is 6.54 Å². The summed E-state index contributed by atoms with van der Waals surface area (Å²) in [6, 6.07) is 17.8. The molecule has 2 aromatic rings. The van der Waals surface area contributed by atoms with Crippen LogP contribution < -0.4 is 5.32 Å². The normalized spacial score (nSPS) is 15.0. The van der Waals surface area contributed by atoms with Crippen LogP contribution in [0.5, 0.6) is 0 Å². The van der Waals surface area contributed by atoms with E-state index >= 15 is 0 Å². The maximum atomic E-state index is 12.4. The highest BCUT2D eigenvalue weighted by molar-refractivity contribution is 9.10. The van der Waals surface area contributed by atoms with E-state index < -0.39 is 0 Å². The standard InChI is InChI=1S/C19H20BrN3OS/c20-17-9-5-4-8-16(17)18(24)21-19(25)23-12-10-22(11-13-23)14-15-6-2-1-3-7-15/h1-9H,10-14H2,(H,21,24,25). The summed E-state index contributed by atoms with van der Waals surface area (Å²) in [5.74, 6) is -0.177. The van der Waals surface area contributed by atoms with Crippen molar-refractivity contribution in [2.45, 2.75) is 6.54 Å². The van der Waals surface area contributed by atoms with Crippen LogP contribution >= 0.6 is 28.1 Å². The summed E-state index contributed by atoms with van der Waals surface area (Å²) in [5, 5.41) is 3.34. The minimum absolute atomic E-state index is 0.177. The lowest BCUT2D eigenvalue weighted by atomic mass is 10.2. The number of carbonyl (C=O) groups is 1. The molecule has 1 N–H and O–H groups in total. The van der Waals surface area contributed by atoms with Gasteiger partial charge in [-0.2, -0.15) is 0 Å². The van der Waals surface area contributed by atoms with Crippen molar-refractivity contribution in [2.24, 2.45) is 0 Å². The molecule has 0 bridgehead atoms. The Kier molecular flexibility index (Phi) is 6.18. The van der Waals surface area contributed by atoms with Gasteiger partial charge in [0.25, 0.3) is 5.91 Å². The highest BCUT2D eigenvalue weighted by Crippen LogP contribution is 2.16. The van der Waals surface area contributed by atoms with Crippen molar-refractivity contribution in [3.05, 3.63) is 70.2 Å². The molecule has 0 atom stereocenters. The number of carbonyl (C=O) groups excluding carboxylic acids is 1. The van der Waals surface area contributed by atoms with E-state index in [1.165, 1.54) is 5.56 Å². The average Bonchev–Trinajstić information content (AvgIpc) is 2.63. The molecule has 1 heterocycles. The van der Waals surface area contributed by atoms with E-state index in [0.29, 0.717) is 10.7 Å². The van der Waals surface area contributed by atoms with E-state index in [0.717, 1.165) is 37.2 Å². The van der Waals surface area contributed by atoms with Crippen LogP contribution in [0.25, 0.3) is 0 Å². The van der Waals surface area contributed by atoms with Crippen LogP contribution in [0.3, 0.4) is 0 Å². The Balaban J connectivity index is 1.50. The van der Waals surface area contributed by atoms with Gasteiger partial charge in [-0.1, -0.05) is 42.5 Å². The van der Waals surface area contributed by atoms with Gasteiger partial charge in [-0.25, -0.2) is 0 Å². The van der Waals surface area contributed by atoms with Gasteiger partial charge >= 0.3 is 0 Å². The van der Waals surface area contributed by atoms with Gasteiger partial charge in [0.1, 0.15) is 0 Å². The first kappa shape index (κ1) is 18.0. The van der Waals surface area contributed by atoms with Gasteiger partial charge in [0.15, 0.2) is 5.11 Å². The summed E-state index contributed by atoms with van der Waals surface area (Å²) in [4.78, 5) is 16.8. The highest BCUT2D eigenvalue weighted by atomic mass is 79.9. The Morgan fingerprint density at radius 2 is 1.64 bits per heavy atom. The fourth-order valence-electron chi connectivity index (χ4n) is 2.84. The molecule has 1 fully saturated rings. The third-order valence-electron chi connectivity index (χ3n) is 4.25. The fourth-order valence-corrected chi connectivity index (χ4v) is 3.58. The van der Waals surface area contributed by atoms with Gasteiger partial charge in [-0.15, -0.1) is 0 Å². The maximum absolute atomic E-state index is 12.4. The van der Waals surface area contributed by atoms with Gasteiger partial charge in [-0.05, 0) is 45.8 Å². The second-order valence-electron chi connectivity index (χ2n) is 5.99. The molecule has 1 saturated heterocycles. The summed E-state index contributed by atoms with van der Waals surface area (Å²) < 4.78 is 0.767. The van der Waals surface area contributed by atoms with Crippen molar-refractivity contribution in [1.29, 1.82) is 0 Å². The molecule has 1 aliphatic heterocycles. The Morgan fingerprint density at radius 3 is 2.32 bits per heavy atom. The second kappa shape index (κ2) is 8.56. The summed E-state index contributed by atoms with van der Waals surface area (Å²) >= 11 is 8.82. The monoisotopic (exact) mass is 417 g/mol. The van der Waals surface area contributed by atoms with Crippen molar-refractivity contribution < 1.29 is 4.79 Å². The molecule has 1 aliphatic rings. The lowest BCUT2D eigenvalue weighted by Crippen LogP contribution is -2.52. The highest BCUT2D eigenvalue weighted by Gasteiger charge is 2.21. The third kappa shape index (κ3) is 4.87. The van der Waals surface area contributed by atoms with Crippen LogP contribution in [0.15, 0.2) is 59.1 Å². The zero-order chi connectivity index (χ0) is 17.6. The van der Waals surface area contributed by atoms with Crippen molar-refractivity contribution >= 4 is 39.2 Å². The third-order valence-corrected chi connectivity index (χ3v) is 5.30. The smallest absolute Gasteiger partial charge is 0.258 e. The van der Waals surface area contributed by atoms with Crippen molar-refractivity contribution in [2.75, 3.05) is 26.2 Å². The van der Waals surface area contributed by atoms with Gasteiger partial charge in [0, 0.05) is 37.2 Å². The quantitative estimate of drug-likeness (QED) is 0.777. The number of halogens is 1. The molecule has 0 aromatic heterocycles. The molecule has 0 unspecified atom stereocenters. The first-order valence-corrected chi connectivity index (χ1v) is 9.44. The Morgan fingerprint density at radius 1 is 1.00 bits per heavy atom. The van der Waals surface area contributed by atoms with Gasteiger partial charge in [0.05, 0.1) is 5.56 Å².